The highest BCUT2D eigenvalue weighted by atomic mass is 35.5. The Labute approximate surface area is 117 Å². The number of thioether (sulfide) groups is 1. The van der Waals surface area contributed by atoms with Gasteiger partial charge in [-0.15, -0.1) is 0 Å². The van der Waals surface area contributed by atoms with Crippen LogP contribution in [0, 0.1) is 0 Å². The fourth-order valence-electron chi connectivity index (χ4n) is 2.18. The smallest absolute Gasteiger partial charge is 0.251 e. The molecule has 4 heteroatoms. The fourth-order valence-corrected chi connectivity index (χ4v) is 3.59. The number of benzene rings is 1. The zero-order valence-electron chi connectivity index (χ0n) is 10.3. The monoisotopic (exact) mass is 283 g/mol. The number of carbonyl (C=O) groups is 1. The minimum Gasteiger partial charge on any atom is -0.351 e. The van der Waals surface area contributed by atoms with Gasteiger partial charge in [0.15, 0.2) is 0 Å². The van der Waals surface area contributed by atoms with Crippen molar-refractivity contribution in [3.63, 3.8) is 0 Å². The average Bonchev–Trinajstić information content (AvgIpc) is 2.87. The number of carbonyl (C=O) groups excluding carboxylic acids is 1. The maximum atomic E-state index is 11.8. The molecule has 2 rings (SSSR count). The van der Waals surface area contributed by atoms with Gasteiger partial charge in [0, 0.05) is 28.1 Å². The number of hydrogen-bond acceptors (Lipinski definition) is 2. The van der Waals surface area contributed by atoms with Gasteiger partial charge in [0.1, 0.15) is 0 Å². The summed E-state index contributed by atoms with van der Waals surface area (Å²) < 4.78 is 0. The van der Waals surface area contributed by atoms with Crippen LogP contribution in [0.15, 0.2) is 24.3 Å². The van der Waals surface area contributed by atoms with Crippen LogP contribution in [0.25, 0.3) is 0 Å². The van der Waals surface area contributed by atoms with Crippen LogP contribution in [0.1, 0.15) is 36.0 Å². The van der Waals surface area contributed by atoms with E-state index in [0.29, 0.717) is 10.6 Å². The van der Waals surface area contributed by atoms with Gasteiger partial charge in [-0.05, 0) is 31.0 Å². The van der Waals surface area contributed by atoms with Crippen LogP contribution < -0.4 is 5.32 Å². The molecule has 1 aromatic carbocycles. The van der Waals surface area contributed by atoms with Gasteiger partial charge in [-0.1, -0.05) is 30.5 Å². The SMILES string of the molecule is O=C(NCCSC1CCCC1)c1cccc(Cl)c1. The normalized spacial score (nSPS) is 15.8. The lowest BCUT2D eigenvalue weighted by atomic mass is 10.2. The Morgan fingerprint density at radius 3 is 2.89 bits per heavy atom. The number of rotatable bonds is 5. The molecule has 0 bridgehead atoms. The van der Waals surface area contributed by atoms with Gasteiger partial charge in [-0.2, -0.15) is 11.8 Å². The van der Waals surface area contributed by atoms with E-state index in [1.54, 1.807) is 24.3 Å². The van der Waals surface area contributed by atoms with Crippen molar-refractivity contribution in [2.75, 3.05) is 12.3 Å². The highest BCUT2D eigenvalue weighted by Gasteiger charge is 2.14. The molecule has 1 aliphatic rings. The topological polar surface area (TPSA) is 29.1 Å². The third-order valence-electron chi connectivity index (χ3n) is 3.13. The van der Waals surface area contributed by atoms with Crippen molar-refractivity contribution in [3.05, 3.63) is 34.9 Å². The second-order valence-electron chi connectivity index (χ2n) is 4.54. The van der Waals surface area contributed by atoms with Crippen LogP contribution in [0.5, 0.6) is 0 Å². The molecule has 0 saturated heterocycles. The van der Waals surface area contributed by atoms with E-state index >= 15 is 0 Å². The molecule has 2 nitrogen and oxygen atoms in total. The minimum atomic E-state index is -0.0375. The van der Waals surface area contributed by atoms with E-state index in [0.717, 1.165) is 17.5 Å². The van der Waals surface area contributed by atoms with Gasteiger partial charge < -0.3 is 5.32 Å². The second kappa shape index (κ2) is 7.05. The molecule has 0 aliphatic heterocycles. The lowest BCUT2D eigenvalue weighted by Crippen LogP contribution is -2.26. The first-order valence-corrected chi connectivity index (χ1v) is 7.84. The van der Waals surface area contributed by atoms with Crippen LogP contribution >= 0.6 is 23.4 Å². The van der Waals surface area contributed by atoms with E-state index in [1.165, 1.54) is 25.7 Å². The molecule has 0 heterocycles. The summed E-state index contributed by atoms with van der Waals surface area (Å²) in [5.74, 6) is 0.960. The van der Waals surface area contributed by atoms with Crippen LogP contribution in [-0.2, 0) is 0 Å². The van der Waals surface area contributed by atoms with Crippen molar-refractivity contribution in [1.29, 1.82) is 0 Å². The highest BCUT2D eigenvalue weighted by Crippen LogP contribution is 2.28. The third kappa shape index (κ3) is 4.21. The van der Waals surface area contributed by atoms with E-state index in [9.17, 15) is 4.79 Å². The summed E-state index contributed by atoms with van der Waals surface area (Å²) >= 11 is 7.84. The van der Waals surface area contributed by atoms with Crippen molar-refractivity contribution < 1.29 is 4.79 Å². The molecule has 0 aromatic heterocycles. The van der Waals surface area contributed by atoms with Crippen molar-refractivity contribution in [2.24, 2.45) is 0 Å². The first kappa shape index (κ1) is 13.8. The lowest BCUT2D eigenvalue weighted by Gasteiger charge is -2.09. The molecule has 18 heavy (non-hydrogen) atoms. The second-order valence-corrected chi connectivity index (χ2v) is 6.39. The molecule has 1 amide bonds. The predicted octanol–water partition coefficient (Wildman–Crippen LogP) is 3.75. The zero-order valence-corrected chi connectivity index (χ0v) is 11.9. The number of hydrogen-bond donors (Lipinski definition) is 1. The predicted molar refractivity (Wildman–Crippen MR) is 78.5 cm³/mol. The highest BCUT2D eigenvalue weighted by molar-refractivity contribution is 7.99. The first-order chi connectivity index (χ1) is 8.75. The van der Waals surface area contributed by atoms with Crippen molar-refractivity contribution in [3.8, 4) is 0 Å². The van der Waals surface area contributed by atoms with Crippen LogP contribution in [-0.4, -0.2) is 23.5 Å². The van der Waals surface area contributed by atoms with E-state index in [1.807, 2.05) is 11.8 Å². The van der Waals surface area contributed by atoms with Crippen LogP contribution in [0.4, 0.5) is 0 Å². The summed E-state index contributed by atoms with van der Waals surface area (Å²) in [6.45, 7) is 0.729. The Balaban J connectivity index is 1.68. The van der Waals surface area contributed by atoms with Gasteiger partial charge in [0.2, 0.25) is 0 Å². The Morgan fingerprint density at radius 2 is 2.17 bits per heavy atom. The number of nitrogens with one attached hydrogen (secondary N) is 1. The van der Waals surface area contributed by atoms with Gasteiger partial charge in [-0.3, -0.25) is 4.79 Å². The molecule has 1 aliphatic carbocycles. The van der Waals surface area contributed by atoms with E-state index in [2.05, 4.69) is 5.32 Å². The maximum Gasteiger partial charge on any atom is 0.251 e. The van der Waals surface area contributed by atoms with Crippen LogP contribution in [0.3, 0.4) is 0 Å². The molecule has 0 unspecified atom stereocenters. The molecule has 1 aromatic rings. The Morgan fingerprint density at radius 1 is 1.39 bits per heavy atom. The molecule has 0 spiro atoms. The molecular weight excluding hydrogens is 266 g/mol. The average molecular weight is 284 g/mol. The van der Waals surface area contributed by atoms with Crippen LogP contribution in [0.2, 0.25) is 5.02 Å². The minimum absolute atomic E-state index is 0.0375. The van der Waals surface area contributed by atoms with E-state index in [4.69, 9.17) is 11.6 Å². The fraction of sp³-hybridized carbons (Fsp3) is 0.500. The van der Waals surface area contributed by atoms with E-state index in [-0.39, 0.29) is 5.91 Å². The standard InChI is InChI=1S/C14H18ClNOS/c15-12-5-3-4-11(10-12)14(17)16-8-9-18-13-6-1-2-7-13/h3-5,10,13H,1-2,6-9H2,(H,16,17). The molecule has 1 fully saturated rings. The Bertz CT molecular complexity index is 405. The number of halogens is 1. The summed E-state index contributed by atoms with van der Waals surface area (Å²) in [5, 5.41) is 4.34. The number of amides is 1. The van der Waals surface area contributed by atoms with Gasteiger partial charge >= 0.3 is 0 Å². The molecule has 98 valence electrons. The third-order valence-corrected chi connectivity index (χ3v) is 4.75. The molecular formula is C14H18ClNOS. The summed E-state index contributed by atoms with van der Waals surface area (Å²) in [6.07, 6.45) is 5.42. The maximum absolute atomic E-state index is 11.8. The van der Waals surface area contributed by atoms with Gasteiger partial charge in [0.05, 0.1) is 0 Å². The van der Waals surface area contributed by atoms with Gasteiger partial charge in [0.25, 0.3) is 5.91 Å². The largest absolute Gasteiger partial charge is 0.351 e. The summed E-state index contributed by atoms with van der Waals surface area (Å²) in [4.78, 5) is 11.8. The Kier molecular flexibility index (Phi) is 5.39. The van der Waals surface area contributed by atoms with Crippen molar-refractivity contribution >= 4 is 29.3 Å². The summed E-state index contributed by atoms with van der Waals surface area (Å²) in [6, 6.07) is 7.05. The zero-order chi connectivity index (χ0) is 12.8. The molecule has 1 N–H and O–H groups in total. The summed E-state index contributed by atoms with van der Waals surface area (Å²) in [7, 11) is 0. The van der Waals surface area contributed by atoms with Gasteiger partial charge in [-0.25, -0.2) is 0 Å². The molecule has 0 atom stereocenters. The summed E-state index contributed by atoms with van der Waals surface area (Å²) in [5.41, 5.74) is 0.633. The first-order valence-electron chi connectivity index (χ1n) is 6.41. The molecule has 0 radical (unpaired) electrons. The van der Waals surface area contributed by atoms with Crippen molar-refractivity contribution in [1.82, 2.24) is 5.32 Å². The molecule has 1 saturated carbocycles. The lowest BCUT2D eigenvalue weighted by molar-refractivity contribution is 0.0956. The Hall–Kier alpha value is -0.670. The quantitative estimate of drug-likeness (QED) is 0.834. The van der Waals surface area contributed by atoms with Crippen molar-refractivity contribution in [2.45, 2.75) is 30.9 Å². The van der Waals surface area contributed by atoms with E-state index < -0.39 is 0 Å².